The molecule has 0 spiro atoms. The van der Waals surface area contributed by atoms with Crippen molar-refractivity contribution in [1.29, 1.82) is 0 Å². The van der Waals surface area contributed by atoms with Crippen LogP contribution in [-0.4, -0.2) is 53.0 Å². The second-order valence-electron chi connectivity index (χ2n) is 8.66. The van der Waals surface area contributed by atoms with Crippen LogP contribution in [0.25, 0.3) is 0 Å². The fourth-order valence-electron chi connectivity index (χ4n) is 3.60. The fraction of sp³-hybridized carbons (Fsp3) is 0.423. The number of carbonyl (C=O) groups excluding carboxylic acids is 2. The average Bonchev–Trinajstić information content (AvgIpc) is 2.82. The largest absolute Gasteiger partial charge is 0.480 e. The second-order valence-corrected chi connectivity index (χ2v) is 10.1. The summed E-state index contributed by atoms with van der Waals surface area (Å²) in [6.45, 7) is 4.30. The summed E-state index contributed by atoms with van der Waals surface area (Å²) in [6, 6.07) is 14.5. The molecule has 7 nitrogen and oxygen atoms in total. The van der Waals surface area contributed by atoms with Crippen molar-refractivity contribution in [2.24, 2.45) is 5.92 Å². The lowest BCUT2D eigenvalue weighted by atomic mass is 10.0. The van der Waals surface area contributed by atoms with Gasteiger partial charge in [0.15, 0.2) is 0 Å². The van der Waals surface area contributed by atoms with Gasteiger partial charge < -0.3 is 21.1 Å². The molecule has 2 amide bonds. The van der Waals surface area contributed by atoms with Crippen molar-refractivity contribution in [3.05, 3.63) is 65.7 Å². The SMILES string of the molecule is CSCC[C@H](NC(=O)[C@H](Cc1ccccc1)NC(=O)[C@@H](NCc1ccccc1S)C(C)C)C(=O)O.Cl. The quantitative estimate of drug-likeness (QED) is 0.229. The minimum atomic E-state index is -1.09. The number of nitrogens with one attached hydrogen (secondary N) is 3. The van der Waals surface area contributed by atoms with E-state index in [1.54, 1.807) is 0 Å². The molecule has 0 aliphatic rings. The summed E-state index contributed by atoms with van der Waals surface area (Å²) in [4.78, 5) is 38.9. The third kappa shape index (κ3) is 10.4. The van der Waals surface area contributed by atoms with Crippen molar-refractivity contribution < 1.29 is 19.5 Å². The van der Waals surface area contributed by atoms with Gasteiger partial charge in [-0.25, -0.2) is 4.79 Å². The van der Waals surface area contributed by atoms with E-state index < -0.39 is 30.0 Å². The summed E-state index contributed by atoms with van der Waals surface area (Å²) < 4.78 is 0. The van der Waals surface area contributed by atoms with E-state index in [1.807, 2.05) is 74.7 Å². The standard InChI is InChI=1S/C26H35N3O4S2.ClH/c1-17(2)23(27-16-19-11-7-8-12-22(19)34)25(31)29-21(15-18-9-5-4-6-10-18)24(30)28-20(26(32)33)13-14-35-3;/h4-12,17,20-21,23,27,34H,13-16H2,1-3H3,(H,28,30)(H,29,31)(H,32,33);1H/t20-,21-,23-;/m0./s1. The Morgan fingerprint density at radius 3 is 2.14 bits per heavy atom. The first-order valence-electron chi connectivity index (χ1n) is 11.6. The second kappa shape index (κ2) is 16.5. The van der Waals surface area contributed by atoms with Gasteiger partial charge in [0.2, 0.25) is 11.8 Å². The van der Waals surface area contributed by atoms with Crippen LogP contribution in [0, 0.1) is 5.92 Å². The molecule has 3 atom stereocenters. The van der Waals surface area contributed by atoms with Crippen LogP contribution in [0.4, 0.5) is 0 Å². The molecule has 0 bridgehead atoms. The maximum atomic E-state index is 13.3. The van der Waals surface area contributed by atoms with E-state index in [9.17, 15) is 19.5 Å². The predicted molar refractivity (Wildman–Crippen MR) is 151 cm³/mol. The van der Waals surface area contributed by atoms with Gasteiger partial charge in [-0.15, -0.1) is 25.0 Å². The zero-order valence-electron chi connectivity index (χ0n) is 20.8. The highest BCUT2D eigenvalue weighted by atomic mass is 35.5. The molecule has 0 aliphatic heterocycles. The number of hydrogen-bond acceptors (Lipinski definition) is 6. The van der Waals surface area contributed by atoms with Crippen LogP contribution in [0.2, 0.25) is 0 Å². The molecule has 2 aromatic rings. The molecular weight excluding hydrogens is 518 g/mol. The number of hydrogen-bond donors (Lipinski definition) is 5. The first-order chi connectivity index (χ1) is 16.7. The molecule has 0 fully saturated rings. The van der Waals surface area contributed by atoms with Crippen molar-refractivity contribution in [3.63, 3.8) is 0 Å². The number of thiol groups is 1. The highest BCUT2D eigenvalue weighted by Gasteiger charge is 2.30. The van der Waals surface area contributed by atoms with Crippen molar-refractivity contribution in [2.75, 3.05) is 12.0 Å². The average molecular weight is 554 g/mol. The first kappa shape index (κ1) is 31.8. The topological polar surface area (TPSA) is 108 Å². The van der Waals surface area contributed by atoms with Gasteiger partial charge >= 0.3 is 5.97 Å². The van der Waals surface area contributed by atoms with Gasteiger partial charge in [0.25, 0.3) is 0 Å². The van der Waals surface area contributed by atoms with E-state index in [-0.39, 0.29) is 30.7 Å². The van der Waals surface area contributed by atoms with Gasteiger partial charge in [-0.05, 0) is 41.5 Å². The normalized spacial score (nSPS) is 13.2. The van der Waals surface area contributed by atoms with E-state index in [0.717, 1.165) is 16.0 Å². The highest BCUT2D eigenvalue weighted by molar-refractivity contribution is 7.98. The third-order valence-electron chi connectivity index (χ3n) is 5.59. The molecule has 4 N–H and O–H groups in total. The van der Waals surface area contributed by atoms with Gasteiger partial charge in [-0.1, -0.05) is 62.4 Å². The molecule has 0 radical (unpaired) electrons. The molecule has 198 valence electrons. The Hall–Kier alpha value is -2.20. The number of carboxylic acids is 1. The number of carbonyl (C=O) groups is 3. The molecule has 0 unspecified atom stereocenters. The summed E-state index contributed by atoms with van der Waals surface area (Å²) in [5.41, 5.74) is 1.83. The maximum Gasteiger partial charge on any atom is 0.326 e. The summed E-state index contributed by atoms with van der Waals surface area (Å²) in [5.74, 6) is -1.37. The van der Waals surface area contributed by atoms with Crippen molar-refractivity contribution in [1.82, 2.24) is 16.0 Å². The van der Waals surface area contributed by atoms with Gasteiger partial charge in [0.05, 0.1) is 6.04 Å². The number of thioether (sulfide) groups is 1. The van der Waals surface area contributed by atoms with Crippen LogP contribution in [-0.2, 0) is 27.3 Å². The lowest BCUT2D eigenvalue weighted by Gasteiger charge is -2.26. The van der Waals surface area contributed by atoms with Crippen molar-refractivity contribution in [2.45, 2.75) is 56.3 Å². The lowest BCUT2D eigenvalue weighted by molar-refractivity contribution is -0.142. The molecule has 0 saturated carbocycles. The van der Waals surface area contributed by atoms with E-state index in [2.05, 4.69) is 28.6 Å². The Morgan fingerprint density at radius 1 is 0.944 bits per heavy atom. The van der Waals surface area contributed by atoms with Crippen LogP contribution < -0.4 is 16.0 Å². The molecule has 0 saturated heterocycles. The molecular formula is C26H36ClN3O4S2. The number of benzene rings is 2. The summed E-state index contributed by atoms with van der Waals surface area (Å²) >= 11 is 5.98. The van der Waals surface area contributed by atoms with Crippen molar-refractivity contribution in [3.8, 4) is 0 Å². The third-order valence-corrected chi connectivity index (χ3v) is 6.67. The maximum absolute atomic E-state index is 13.3. The van der Waals surface area contributed by atoms with E-state index in [0.29, 0.717) is 18.7 Å². The predicted octanol–water partition coefficient (Wildman–Crippen LogP) is 3.56. The zero-order chi connectivity index (χ0) is 25.8. The van der Waals surface area contributed by atoms with Gasteiger partial charge in [0.1, 0.15) is 12.1 Å². The smallest absolute Gasteiger partial charge is 0.326 e. The Bertz CT molecular complexity index is 979. The van der Waals surface area contributed by atoms with Gasteiger partial charge in [-0.2, -0.15) is 11.8 Å². The highest BCUT2D eigenvalue weighted by Crippen LogP contribution is 2.14. The zero-order valence-corrected chi connectivity index (χ0v) is 23.3. The van der Waals surface area contributed by atoms with Crippen LogP contribution in [0.15, 0.2) is 59.5 Å². The molecule has 2 rings (SSSR count). The minimum Gasteiger partial charge on any atom is -0.480 e. The Labute approximate surface area is 229 Å². The van der Waals surface area contributed by atoms with E-state index in [1.165, 1.54) is 11.8 Å². The van der Waals surface area contributed by atoms with E-state index in [4.69, 9.17) is 0 Å². The number of amides is 2. The number of rotatable bonds is 14. The van der Waals surface area contributed by atoms with Crippen LogP contribution in [0.3, 0.4) is 0 Å². The Morgan fingerprint density at radius 2 is 1.56 bits per heavy atom. The molecule has 2 aromatic carbocycles. The molecule has 36 heavy (non-hydrogen) atoms. The molecule has 0 aromatic heterocycles. The summed E-state index contributed by atoms with van der Waals surface area (Å²) in [5, 5.41) is 18.3. The summed E-state index contributed by atoms with van der Waals surface area (Å²) in [6.07, 6.45) is 2.43. The number of halogens is 1. The van der Waals surface area contributed by atoms with Crippen LogP contribution in [0.5, 0.6) is 0 Å². The van der Waals surface area contributed by atoms with Crippen LogP contribution >= 0.6 is 36.8 Å². The molecule has 10 heteroatoms. The summed E-state index contributed by atoms with van der Waals surface area (Å²) in [7, 11) is 0. The molecule has 0 heterocycles. The lowest BCUT2D eigenvalue weighted by Crippen LogP contribution is -2.56. The monoisotopic (exact) mass is 553 g/mol. The number of carboxylic acid groups (broad SMARTS) is 1. The minimum absolute atomic E-state index is 0. The first-order valence-corrected chi connectivity index (χ1v) is 13.4. The fourth-order valence-corrected chi connectivity index (χ4v) is 4.31. The van der Waals surface area contributed by atoms with E-state index >= 15 is 0 Å². The van der Waals surface area contributed by atoms with Crippen LogP contribution in [0.1, 0.15) is 31.4 Å². The molecule has 0 aliphatic carbocycles. The Balaban J connectivity index is 0.00000648. The number of aliphatic carboxylic acids is 1. The van der Waals surface area contributed by atoms with Gasteiger partial charge in [-0.3, -0.25) is 9.59 Å². The Kier molecular flexibility index (Phi) is 14.6. The van der Waals surface area contributed by atoms with Gasteiger partial charge in [0, 0.05) is 17.9 Å². The van der Waals surface area contributed by atoms with Crippen molar-refractivity contribution >= 4 is 54.6 Å².